The minimum Gasteiger partial charge on any atom is -0.298 e. The third-order valence-electron chi connectivity index (χ3n) is 2.26. The lowest BCUT2D eigenvalue weighted by Gasteiger charge is -2.06. The Kier molecular flexibility index (Phi) is 5.07. The molecule has 1 rings (SSSR count). The summed E-state index contributed by atoms with van der Waals surface area (Å²) in [5.41, 5.74) is 3.62. The zero-order valence-electron chi connectivity index (χ0n) is 10.5. The molecule has 0 aromatic heterocycles. The van der Waals surface area contributed by atoms with E-state index < -0.39 is 0 Å². The van der Waals surface area contributed by atoms with Crippen molar-refractivity contribution in [1.82, 2.24) is 0 Å². The van der Waals surface area contributed by atoms with Crippen LogP contribution in [0.3, 0.4) is 0 Å². The molecule has 0 N–H and O–H groups in total. The monoisotopic (exact) mass is 236 g/mol. The molecule has 0 saturated heterocycles. The Morgan fingerprint density at radius 2 is 1.75 bits per heavy atom. The molecule has 0 unspecified atom stereocenters. The number of ketones is 1. The SMILES string of the molecule is Cc1cc(C)cc(CC(=O)CSC(C)C)c1. The van der Waals surface area contributed by atoms with Gasteiger partial charge in [0.2, 0.25) is 0 Å². The first-order chi connectivity index (χ1) is 7.47. The predicted molar refractivity (Wildman–Crippen MR) is 72.2 cm³/mol. The fourth-order valence-corrected chi connectivity index (χ4v) is 2.33. The first-order valence-corrected chi connectivity index (χ1v) is 6.72. The van der Waals surface area contributed by atoms with Gasteiger partial charge in [0.1, 0.15) is 5.78 Å². The zero-order valence-corrected chi connectivity index (χ0v) is 11.4. The average molecular weight is 236 g/mol. The molecule has 0 atom stereocenters. The number of carbonyl (C=O) groups excluding carboxylic acids is 1. The molecule has 1 aromatic rings. The molecule has 16 heavy (non-hydrogen) atoms. The summed E-state index contributed by atoms with van der Waals surface area (Å²) in [5.74, 6) is 0.952. The lowest BCUT2D eigenvalue weighted by molar-refractivity contribution is -0.116. The average Bonchev–Trinajstić information content (AvgIpc) is 2.12. The third-order valence-corrected chi connectivity index (χ3v) is 3.42. The normalized spacial score (nSPS) is 10.8. The molecule has 0 amide bonds. The third kappa shape index (κ3) is 4.84. The van der Waals surface area contributed by atoms with E-state index in [1.807, 2.05) is 0 Å². The van der Waals surface area contributed by atoms with Crippen molar-refractivity contribution in [1.29, 1.82) is 0 Å². The predicted octanol–water partition coefficient (Wildman–Crippen LogP) is 3.56. The Morgan fingerprint density at radius 3 is 2.25 bits per heavy atom. The van der Waals surface area contributed by atoms with E-state index >= 15 is 0 Å². The van der Waals surface area contributed by atoms with Gasteiger partial charge in [-0.2, -0.15) is 11.8 Å². The molecule has 0 radical (unpaired) electrons. The highest BCUT2D eigenvalue weighted by atomic mass is 32.2. The molecule has 0 aliphatic rings. The van der Waals surface area contributed by atoms with Crippen molar-refractivity contribution in [3.63, 3.8) is 0 Å². The van der Waals surface area contributed by atoms with Crippen molar-refractivity contribution in [2.75, 3.05) is 5.75 Å². The topological polar surface area (TPSA) is 17.1 Å². The van der Waals surface area contributed by atoms with Crippen LogP contribution in [0.5, 0.6) is 0 Å². The summed E-state index contributed by atoms with van der Waals surface area (Å²) in [6, 6.07) is 6.34. The highest BCUT2D eigenvalue weighted by Gasteiger charge is 2.06. The van der Waals surface area contributed by atoms with Crippen molar-refractivity contribution in [3.8, 4) is 0 Å². The molecule has 1 nitrogen and oxygen atoms in total. The smallest absolute Gasteiger partial charge is 0.147 e. The fraction of sp³-hybridized carbons (Fsp3) is 0.500. The Balaban J connectivity index is 2.56. The summed E-state index contributed by atoms with van der Waals surface area (Å²) >= 11 is 1.72. The van der Waals surface area contributed by atoms with Crippen LogP contribution in [0.15, 0.2) is 18.2 Å². The van der Waals surface area contributed by atoms with Crippen LogP contribution < -0.4 is 0 Å². The van der Waals surface area contributed by atoms with Gasteiger partial charge in [-0.05, 0) is 24.7 Å². The summed E-state index contributed by atoms with van der Waals surface area (Å²) in [5, 5.41) is 0.531. The van der Waals surface area contributed by atoms with E-state index in [1.54, 1.807) is 11.8 Å². The van der Waals surface area contributed by atoms with E-state index in [4.69, 9.17) is 0 Å². The summed E-state index contributed by atoms with van der Waals surface area (Å²) in [4.78, 5) is 11.7. The Labute approximate surface area is 103 Å². The van der Waals surface area contributed by atoms with Crippen molar-refractivity contribution >= 4 is 17.5 Å². The number of hydrogen-bond donors (Lipinski definition) is 0. The van der Waals surface area contributed by atoms with E-state index in [2.05, 4.69) is 45.9 Å². The summed E-state index contributed by atoms with van der Waals surface area (Å²) in [7, 11) is 0. The molecule has 2 heteroatoms. The Morgan fingerprint density at radius 1 is 1.19 bits per heavy atom. The maximum absolute atomic E-state index is 11.7. The van der Waals surface area contributed by atoms with Crippen LogP contribution in [0, 0.1) is 13.8 Å². The minimum atomic E-state index is 0.323. The molecular weight excluding hydrogens is 216 g/mol. The Bertz CT molecular complexity index is 349. The van der Waals surface area contributed by atoms with E-state index in [0.717, 1.165) is 5.56 Å². The Hall–Kier alpha value is -0.760. The summed E-state index contributed by atoms with van der Waals surface area (Å²) < 4.78 is 0. The standard InChI is InChI=1S/C14H20OS/c1-10(2)16-9-14(15)8-13-6-11(3)5-12(4)7-13/h5-7,10H,8-9H2,1-4H3. The molecule has 1 aromatic carbocycles. The fourth-order valence-electron chi connectivity index (χ4n) is 1.71. The molecule has 0 spiro atoms. The second-order valence-corrected chi connectivity index (χ2v) is 6.14. The largest absolute Gasteiger partial charge is 0.298 e. The van der Waals surface area contributed by atoms with Gasteiger partial charge in [-0.15, -0.1) is 0 Å². The van der Waals surface area contributed by atoms with Gasteiger partial charge in [0.15, 0.2) is 0 Å². The number of rotatable bonds is 5. The van der Waals surface area contributed by atoms with Crippen LogP contribution in [-0.2, 0) is 11.2 Å². The van der Waals surface area contributed by atoms with Gasteiger partial charge in [0.05, 0.1) is 5.75 Å². The van der Waals surface area contributed by atoms with Gasteiger partial charge in [0, 0.05) is 6.42 Å². The highest BCUT2D eigenvalue weighted by Crippen LogP contribution is 2.13. The first-order valence-electron chi connectivity index (χ1n) is 5.68. The van der Waals surface area contributed by atoms with E-state index in [-0.39, 0.29) is 0 Å². The number of hydrogen-bond acceptors (Lipinski definition) is 2. The van der Waals surface area contributed by atoms with Crippen LogP contribution in [-0.4, -0.2) is 16.8 Å². The lowest BCUT2D eigenvalue weighted by atomic mass is 10.0. The molecule has 0 bridgehead atoms. The number of benzene rings is 1. The maximum atomic E-state index is 11.7. The van der Waals surface area contributed by atoms with Crippen LogP contribution in [0.1, 0.15) is 30.5 Å². The van der Waals surface area contributed by atoms with Gasteiger partial charge < -0.3 is 0 Å². The first kappa shape index (κ1) is 13.3. The van der Waals surface area contributed by atoms with Crippen LogP contribution in [0.4, 0.5) is 0 Å². The second-order valence-electron chi connectivity index (χ2n) is 4.57. The second kappa shape index (κ2) is 6.09. The van der Waals surface area contributed by atoms with Crippen molar-refractivity contribution in [2.45, 2.75) is 39.4 Å². The van der Waals surface area contributed by atoms with Gasteiger partial charge in [0.25, 0.3) is 0 Å². The van der Waals surface area contributed by atoms with Gasteiger partial charge in [-0.25, -0.2) is 0 Å². The summed E-state index contributed by atoms with van der Waals surface area (Å²) in [6.07, 6.45) is 0.572. The quantitative estimate of drug-likeness (QED) is 0.777. The molecule has 0 fully saturated rings. The number of thioether (sulfide) groups is 1. The highest BCUT2D eigenvalue weighted by molar-refractivity contribution is 8.00. The van der Waals surface area contributed by atoms with Gasteiger partial charge in [-0.1, -0.05) is 43.2 Å². The minimum absolute atomic E-state index is 0.323. The van der Waals surface area contributed by atoms with Crippen molar-refractivity contribution in [2.24, 2.45) is 0 Å². The van der Waals surface area contributed by atoms with E-state index in [9.17, 15) is 4.79 Å². The number of aryl methyl sites for hydroxylation is 2. The van der Waals surface area contributed by atoms with Crippen molar-refractivity contribution < 1.29 is 4.79 Å². The van der Waals surface area contributed by atoms with Gasteiger partial charge >= 0.3 is 0 Å². The van der Waals surface area contributed by atoms with E-state index in [1.165, 1.54) is 11.1 Å². The summed E-state index contributed by atoms with van der Waals surface area (Å²) in [6.45, 7) is 8.39. The lowest BCUT2D eigenvalue weighted by Crippen LogP contribution is -2.08. The van der Waals surface area contributed by atoms with Crippen molar-refractivity contribution in [3.05, 3.63) is 34.9 Å². The van der Waals surface area contributed by atoms with E-state index in [0.29, 0.717) is 23.2 Å². The number of carbonyl (C=O) groups is 1. The number of Topliss-reactive ketones (excluding diaryl/α,β-unsaturated/α-hetero) is 1. The zero-order chi connectivity index (χ0) is 12.1. The molecule has 0 heterocycles. The maximum Gasteiger partial charge on any atom is 0.147 e. The molecule has 0 saturated carbocycles. The molecule has 0 aliphatic carbocycles. The van der Waals surface area contributed by atoms with Crippen LogP contribution in [0.2, 0.25) is 0 Å². The van der Waals surface area contributed by atoms with Crippen LogP contribution in [0.25, 0.3) is 0 Å². The van der Waals surface area contributed by atoms with Gasteiger partial charge in [-0.3, -0.25) is 4.79 Å². The molecular formula is C14H20OS. The molecule has 0 aliphatic heterocycles. The molecule has 88 valence electrons. The van der Waals surface area contributed by atoms with Crippen LogP contribution >= 0.6 is 11.8 Å².